The van der Waals surface area contributed by atoms with Crippen molar-refractivity contribution in [2.45, 2.75) is 53.4 Å². The Labute approximate surface area is 82.7 Å². The van der Waals surface area contributed by atoms with Crippen molar-refractivity contribution >= 4 is 0 Å². The van der Waals surface area contributed by atoms with Crippen molar-refractivity contribution in [3.63, 3.8) is 0 Å². The zero-order chi connectivity index (χ0) is 9.90. The lowest BCUT2D eigenvalue weighted by Crippen LogP contribution is -2.04. The minimum absolute atomic E-state index is 0.555. The van der Waals surface area contributed by atoms with E-state index < -0.39 is 0 Å². The molecule has 2 aliphatic carbocycles. The van der Waals surface area contributed by atoms with Gasteiger partial charge in [0.15, 0.2) is 0 Å². The van der Waals surface area contributed by atoms with Crippen LogP contribution in [-0.2, 0) is 0 Å². The molecule has 0 bridgehead atoms. The van der Waals surface area contributed by atoms with Gasteiger partial charge in [-0.05, 0) is 36.7 Å². The summed E-state index contributed by atoms with van der Waals surface area (Å²) in [5.41, 5.74) is 3.93. The Kier molecular flexibility index (Phi) is 3.35. The third-order valence-electron chi connectivity index (χ3n) is 2.75. The fourth-order valence-corrected chi connectivity index (χ4v) is 2.30. The summed E-state index contributed by atoms with van der Waals surface area (Å²) >= 11 is 0. The number of hydrogen-bond donors (Lipinski definition) is 0. The zero-order valence-electron chi connectivity index (χ0n) is 9.48. The molecule has 74 valence electrons. The highest BCUT2D eigenvalue weighted by Gasteiger charge is 2.29. The molecule has 0 fully saturated rings. The minimum atomic E-state index is 0.555. The molecule has 0 saturated carbocycles. The maximum Gasteiger partial charge on any atom is -0.0225 e. The fourth-order valence-electron chi connectivity index (χ4n) is 2.30. The molecule has 0 aromatic carbocycles. The second-order valence-corrected chi connectivity index (χ2v) is 4.59. The van der Waals surface area contributed by atoms with E-state index in [2.05, 4.69) is 26.0 Å². The Morgan fingerprint density at radius 2 is 1.85 bits per heavy atom. The Morgan fingerprint density at radius 3 is 2.46 bits per heavy atom. The molecule has 0 unspecified atom stereocenters. The molecule has 0 heteroatoms. The first kappa shape index (κ1) is 10.6. The summed E-state index contributed by atoms with van der Waals surface area (Å²) in [5.74, 6) is 0. The lowest BCUT2D eigenvalue weighted by molar-refractivity contribution is 0.389. The van der Waals surface area contributed by atoms with E-state index in [0.717, 1.165) is 0 Å². The second kappa shape index (κ2) is 4.13. The maximum atomic E-state index is 2.37. The van der Waals surface area contributed by atoms with Crippen LogP contribution in [0.4, 0.5) is 0 Å². The average molecular weight is 178 g/mol. The van der Waals surface area contributed by atoms with Gasteiger partial charge in [0.2, 0.25) is 0 Å². The molecule has 0 aromatic rings. The van der Waals surface area contributed by atoms with Crippen molar-refractivity contribution in [1.82, 2.24) is 0 Å². The minimum Gasteiger partial charge on any atom is -0.0839 e. The van der Waals surface area contributed by atoms with E-state index in [1.54, 1.807) is 11.1 Å². The first-order chi connectivity index (χ1) is 6.17. The third kappa shape index (κ3) is 2.46. The van der Waals surface area contributed by atoms with Crippen molar-refractivity contribution in [3.05, 3.63) is 23.3 Å². The van der Waals surface area contributed by atoms with Crippen molar-refractivity contribution in [2.75, 3.05) is 0 Å². The van der Waals surface area contributed by atoms with Gasteiger partial charge in [0.1, 0.15) is 0 Å². The molecule has 0 amide bonds. The van der Waals surface area contributed by atoms with Crippen molar-refractivity contribution < 1.29 is 0 Å². The van der Waals surface area contributed by atoms with Gasteiger partial charge >= 0.3 is 0 Å². The molecule has 0 heterocycles. The number of hydrogen-bond acceptors (Lipinski definition) is 0. The monoisotopic (exact) mass is 178 g/mol. The van der Waals surface area contributed by atoms with Gasteiger partial charge in [-0.1, -0.05) is 45.4 Å². The molecule has 13 heavy (non-hydrogen) atoms. The van der Waals surface area contributed by atoms with E-state index in [0.29, 0.717) is 5.41 Å². The summed E-state index contributed by atoms with van der Waals surface area (Å²) in [5, 5.41) is 0. The Morgan fingerprint density at radius 1 is 1.15 bits per heavy atom. The van der Waals surface area contributed by atoms with Crippen LogP contribution in [0.3, 0.4) is 0 Å². The topological polar surface area (TPSA) is 0 Å². The van der Waals surface area contributed by atoms with E-state index in [1.807, 2.05) is 13.8 Å². The average Bonchev–Trinajstić information content (AvgIpc) is 2.41. The van der Waals surface area contributed by atoms with Gasteiger partial charge in [-0.25, -0.2) is 0 Å². The molecular weight excluding hydrogens is 156 g/mol. The molecule has 2 rings (SSSR count). The highest BCUT2D eigenvalue weighted by Crippen LogP contribution is 2.44. The summed E-state index contributed by atoms with van der Waals surface area (Å²) in [7, 11) is 0. The van der Waals surface area contributed by atoms with Gasteiger partial charge in [-0.15, -0.1) is 0 Å². The van der Waals surface area contributed by atoms with Crippen LogP contribution in [0.1, 0.15) is 53.4 Å². The van der Waals surface area contributed by atoms with Gasteiger partial charge in [-0.2, -0.15) is 0 Å². The summed E-state index contributed by atoms with van der Waals surface area (Å²) in [6.07, 6.45) is 9.91. The van der Waals surface area contributed by atoms with E-state index in [1.165, 1.54) is 25.7 Å². The normalized spacial score (nSPS) is 23.7. The Balaban J connectivity index is 0.000000396. The third-order valence-corrected chi connectivity index (χ3v) is 2.75. The first-order valence-electron chi connectivity index (χ1n) is 5.55. The molecule has 0 radical (unpaired) electrons. The van der Waals surface area contributed by atoms with Gasteiger partial charge < -0.3 is 0 Å². The molecule has 0 aliphatic heterocycles. The van der Waals surface area contributed by atoms with Crippen LogP contribution in [0.2, 0.25) is 0 Å². The fraction of sp³-hybridized carbons (Fsp3) is 0.692. The van der Waals surface area contributed by atoms with Crippen molar-refractivity contribution in [2.24, 2.45) is 5.41 Å². The lowest BCUT2D eigenvalue weighted by atomic mass is 9.89. The largest absolute Gasteiger partial charge is 0.0839 e. The van der Waals surface area contributed by atoms with Gasteiger partial charge in [0.05, 0.1) is 0 Å². The van der Waals surface area contributed by atoms with Crippen LogP contribution in [0.15, 0.2) is 23.3 Å². The molecule has 2 aliphatic rings. The quantitative estimate of drug-likeness (QED) is 0.513. The maximum absolute atomic E-state index is 2.37. The molecule has 0 aromatic heterocycles. The van der Waals surface area contributed by atoms with E-state index >= 15 is 0 Å². The van der Waals surface area contributed by atoms with Gasteiger partial charge in [0, 0.05) is 0 Å². The van der Waals surface area contributed by atoms with Gasteiger partial charge in [-0.3, -0.25) is 0 Å². The highest BCUT2D eigenvalue weighted by atomic mass is 14.3. The molecule has 0 saturated heterocycles. The second-order valence-electron chi connectivity index (χ2n) is 4.59. The summed E-state index contributed by atoms with van der Waals surface area (Å²) in [6.45, 7) is 8.75. The lowest BCUT2D eigenvalue weighted by Gasteiger charge is -2.16. The van der Waals surface area contributed by atoms with Crippen molar-refractivity contribution in [1.29, 1.82) is 0 Å². The van der Waals surface area contributed by atoms with E-state index in [4.69, 9.17) is 0 Å². The van der Waals surface area contributed by atoms with Crippen molar-refractivity contribution in [3.8, 4) is 0 Å². The van der Waals surface area contributed by atoms with E-state index in [-0.39, 0.29) is 0 Å². The first-order valence-corrected chi connectivity index (χ1v) is 5.55. The van der Waals surface area contributed by atoms with Crippen LogP contribution in [0.5, 0.6) is 0 Å². The Bertz CT molecular complexity index is 228. The number of allylic oxidation sites excluding steroid dienone is 4. The van der Waals surface area contributed by atoms with Crippen LogP contribution < -0.4 is 0 Å². The smallest absolute Gasteiger partial charge is 0.0225 e. The molecule has 0 atom stereocenters. The molecule has 0 N–H and O–H groups in total. The molecule has 0 spiro atoms. The zero-order valence-corrected chi connectivity index (χ0v) is 9.48. The molecule has 0 nitrogen and oxygen atoms in total. The summed E-state index contributed by atoms with van der Waals surface area (Å²) < 4.78 is 0. The summed E-state index contributed by atoms with van der Waals surface area (Å²) in [6, 6.07) is 0. The van der Waals surface area contributed by atoms with Crippen LogP contribution >= 0.6 is 0 Å². The SMILES string of the molecule is CC.CC1(C)CC2=C(CCC=C2)C1. The van der Waals surface area contributed by atoms with E-state index in [9.17, 15) is 0 Å². The summed E-state index contributed by atoms with van der Waals surface area (Å²) in [4.78, 5) is 0. The van der Waals surface area contributed by atoms with Crippen LogP contribution in [0, 0.1) is 5.41 Å². The van der Waals surface area contributed by atoms with Gasteiger partial charge in [0.25, 0.3) is 0 Å². The molecular formula is C13H22. The Hall–Kier alpha value is -0.520. The predicted octanol–water partition coefficient (Wildman–Crippen LogP) is 4.48. The highest BCUT2D eigenvalue weighted by molar-refractivity contribution is 5.35. The van der Waals surface area contributed by atoms with Crippen LogP contribution in [-0.4, -0.2) is 0 Å². The standard InChI is InChI=1S/C11H16.C2H6/c1-11(2)7-9-5-3-4-6-10(9)8-11;1-2/h3,5H,4,6-8H2,1-2H3;1-2H3. The van der Waals surface area contributed by atoms with Crippen LogP contribution in [0.25, 0.3) is 0 Å². The number of rotatable bonds is 0. The predicted molar refractivity (Wildman–Crippen MR) is 59.8 cm³/mol.